The molecular formula is C33H37N3O6. The van der Waals surface area contributed by atoms with Gasteiger partial charge in [0, 0.05) is 32.5 Å². The largest absolute Gasteiger partial charge is 0.493 e. The molecule has 9 nitrogen and oxygen atoms in total. The van der Waals surface area contributed by atoms with E-state index >= 15 is 0 Å². The second-order valence-corrected chi connectivity index (χ2v) is 10.8. The number of carbonyl (C=O) groups is 3. The summed E-state index contributed by atoms with van der Waals surface area (Å²) in [6, 6.07) is 20.5. The summed E-state index contributed by atoms with van der Waals surface area (Å²) in [7, 11) is 1.54. The molecule has 42 heavy (non-hydrogen) atoms. The second kappa shape index (κ2) is 13.4. The summed E-state index contributed by atoms with van der Waals surface area (Å²) in [4.78, 5) is 40.6. The summed E-state index contributed by atoms with van der Waals surface area (Å²) in [6.45, 7) is 3.03. The Balaban J connectivity index is 1.34. The molecule has 0 aromatic heterocycles. The molecule has 0 saturated carbocycles. The number of methoxy groups -OCH3 is 1. The van der Waals surface area contributed by atoms with Crippen molar-refractivity contribution in [1.29, 1.82) is 0 Å². The van der Waals surface area contributed by atoms with Crippen molar-refractivity contribution >= 4 is 17.7 Å². The summed E-state index contributed by atoms with van der Waals surface area (Å²) in [6.07, 6.45) is 1.38. The first kappa shape index (κ1) is 29.0. The van der Waals surface area contributed by atoms with Crippen LogP contribution in [0.5, 0.6) is 17.2 Å². The average Bonchev–Trinajstić information content (AvgIpc) is 2.99. The molecule has 4 bridgehead atoms. The van der Waals surface area contributed by atoms with Gasteiger partial charge in [-0.2, -0.15) is 0 Å². The number of aryl methyl sites for hydroxylation is 2. The number of nitrogens with zero attached hydrogens (tertiary/aromatic N) is 1. The van der Waals surface area contributed by atoms with Crippen molar-refractivity contribution in [3.05, 3.63) is 89.0 Å². The smallest absolute Gasteiger partial charge is 0.258 e. The Kier molecular flexibility index (Phi) is 9.26. The molecule has 5 heterocycles. The molecule has 220 valence electrons. The fraction of sp³-hybridized carbons (Fsp3) is 0.364. The van der Waals surface area contributed by atoms with E-state index in [0.29, 0.717) is 62.6 Å². The molecule has 3 amide bonds. The number of nitrogens with one attached hydrogen (secondary N) is 2. The number of rotatable bonds is 3. The lowest BCUT2D eigenvalue weighted by atomic mass is 10.00. The minimum Gasteiger partial charge on any atom is -0.493 e. The summed E-state index contributed by atoms with van der Waals surface area (Å²) < 4.78 is 17.6. The molecule has 9 heteroatoms. The molecule has 5 aliphatic rings. The van der Waals surface area contributed by atoms with Crippen molar-refractivity contribution in [2.45, 2.75) is 51.3 Å². The van der Waals surface area contributed by atoms with E-state index in [1.807, 2.05) is 67.6 Å². The zero-order valence-corrected chi connectivity index (χ0v) is 24.1. The van der Waals surface area contributed by atoms with Gasteiger partial charge in [0.15, 0.2) is 18.1 Å². The third kappa shape index (κ3) is 7.60. The molecule has 0 unspecified atom stereocenters. The number of hydrogen-bond acceptors (Lipinski definition) is 6. The van der Waals surface area contributed by atoms with Crippen LogP contribution in [0.2, 0.25) is 0 Å². The van der Waals surface area contributed by atoms with Gasteiger partial charge in [-0.05, 0) is 54.3 Å². The first-order chi connectivity index (χ1) is 20.4. The van der Waals surface area contributed by atoms with Gasteiger partial charge >= 0.3 is 0 Å². The van der Waals surface area contributed by atoms with Crippen LogP contribution in [0.15, 0.2) is 66.7 Å². The Hall–Kier alpha value is -4.53. The first-order valence-corrected chi connectivity index (χ1v) is 14.3. The normalized spacial score (nSPS) is 19.5. The fourth-order valence-electron chi connectivity index (χ4n) is 5.33. The number of likely N-dealkylation sites (tertiary alicyclic amines) is 1. The highest BCUT2D eigenvalue weighted by atomic mass is 16.5. The summed E-state index contributed by atoms with van der Waals surface area (Å²) in [5.41, 5.74) is 3.95. The minimum atomic E-state index is -0.440. The summed E-state index contributed by atoms with van der Waals surface area (Å²) >= 11 is 0. The average molecular weight is 572 g/mol. The van der Waals surface area contributed by atoms with E-state index in [4.69, 9.17) is 14.2 Å². The highest BCUT2D eigenvalue weighted by molar-refractivity contribution is 5.80. The first-order valence-electron chi connectivity index (χ1n) is 14.3. The number of amides is 3. The number of ether oxygens (including phenoxy) is 3. The predicted octanol–water partition coefficient (Wildman–Crippen LogP) is 3.35. The van der Waals surface area contributed by atoms with Crippen LogP contribution in [0.25, 0.3) is 0 Å². The van der Waals surface area contributed by atoms with Gasteiger partial charge < -0.3 is 29.7 Å². The molecule has 0 aliphatic carbocycles. The van der Waals surface area contributed by atoms with Crippen molar-refractivity contribution in [3.8, 4) is 17.2 Å². The minimum absolute atomic E-state index is 0.00668. The third-order valence-electron chi connectivity index (χ3n) is 7.61. The lowest BCUT2D eigenvalue weighted by molar-refractivity contribution is -0.135. The van der Waals surface area contributed by atoms with Gasteiger partial charge in [-0.1, -0.05) is 48.0 Å². The molecule has 2 N–H and O–H groups in total. The van der Waals surface area contributed by atoms with Crippen LogP contribution in [0.4, 0.5) is 0 Å². The molecule has 5 aliphatic heterocycles. The van der Waals surface area contributed by atoms with E-state index in [1.54, 1.807) is 11.0 Å². The molecule has 3 aromatic rings. The lowest BCUT2D eigenvalue weighted by Crippen LogP contribution is -2.58. The van der Waals surface area contributed by atoms with Gasteiger partial charge in [0.25, 0.3) is 5.91 Å². The van der Waals surface area contributed by atoms with Crippen LogP contribution in [0.3, 0.4) is 0 Å². The van der Waals surface area contributed by atoms with Crippen molar-refractivity contribution in [2.24, 2.45) is 0 Å². The van der Waals surface area contributed by atoms with Crippen molar-refractivity contribution in [1.82, 2.24) is 15.5 Å². The van der Waals surface area contributed by atoms with E-state index < -0.39 is 6.04 Å². The number of benzene rings is 3. The van der Waals surface area contributed by atoms with Crippen LogP contribution in [-0.4, -0.2) is 61.6 Å². The van der Waals surface area contributed by atoms with E-state index in [9.17, 15) is 14.4 Å². The molecule has 1 fully saturated rings. The van der Waals surface area contributed by atoms with Crippen LogP contribution in [0, 0.1) is 6.92 Å². The zero-order valence-electron chi connectivity index (χ0n) is 24.1. The Labute approximate surface area is 246 Å². The highest BCUT2D eigenvalue weighted by Crippen LogP contribution is 2.29. The Morgan fingerprint density at radius 1 is 1.00 bits per heavy atom. The second-order valence-electron chi connectivity index (χ2n) is 10.8. The van der Waals surface area contributed by atoms with Crippen LogP contribution in [-0.2, 0) is 33.8 Å². The maximum absolute atomic E-state index is 13.2. The fourth-order valence-corrected chi connectivity index (χ4v) is 5.33. The SMILES string of the molecule is COc1cc2ccc1OCC(=O)N[C@@H]1CN(C(=O)Cc3cccc(C)c3)CC[C@H]1Oc1ccc(cc1)CNC(=O)CC2. The Morgan fingerprint density at radius 2 is 1.81 bits per heavy atom. The van der Waals surface area contributed by atoms with Crippen molar-refractivity contribution in [3.63, 3.8) is 0 Å². The van der Waals surface area contributed by atoms with Gasteiger partial charge in [0.05, 0.1) is 19.6 Å². The summed E-state index contributed by atoms with van der Waals surface area (Å²) in [5, 5.41) is 6.02. The molecule has 3 aromatic carbocycles. The summed E-state index contributed by atoms with van der Waals surface area (Å²) in [5.74, 6) is 1.21. The van der Waals surface area contributed by atoms with Gasteiger partial charge in [0.1, 0.15) is 11.9 Å². The van der Waals surface area contributed by atoms with Gasteiger partial charge in [-0.15, -0.1) is 0 Å². The monoisotopic (exact) mass is 571 g/mol. The van der Waals surface area contributed by atoms with E-state index in [-0.39, 0.29) is 30.4 Å². The quantitative estimate of drug-likeness (QED) is 0.500. The zero-order chi connectivity index (χ0) is 29.5. The van der Waals surface area contributed by atoms with Crippen LogP contribution >= 0.6 is 0 Å². The number of carbonyl (C=O) groups excluding carboxylic acids is 3. The standard InChI is InChI=1S/C33H37N3O6/c1-22-4-3-5-25(16-22)18-33(39)36-15-14-28-27(20-36)35-32(38)21-41-29-12-8-23(17-30(29)40-2)9-13-31(37)34-19-24-6-10-26(42-28)11-7-24/h3-8,10-12,16-17,27-28H,9,13-15,18-21H2,1-2H3,(H,34,37)(H,35,38)/t27-,28-/m1/s1. The predicted molar refractivity (Wildman–Crippen MR) is 158 cm³/mol. The van der Waals surface area contributed by atoms with Crippen molar-refractivity contribution < 1.29 is 28.6 Å². The van der Waals surface area contributed by atoms with Crippen molar-refractivity contribution in [2.75, 3.05) is 26.8 Å². The Morgan fingerprint density at radius 3 is 2.60 bits per heavy atom. The van der Waals surface area contributed by atoms with Crippen LogP contribution < -0.4 is 24.8 Å². The Bertz CT molecular complexity index is 1420. The van der Waals surface area contributed by atoms with Crippen LogP contribution in [0.1, 0.15) is 35.1 Å². The number of hydrogen-bond donors (Lipinski definition) is 2. The van der Waals surface area contributed by atoms with E-state index in [1.165, 1.54) is 7.11 Å². The maximum Gasteiger partial charge on any atom is 0.258 e. The molecule has 0 radical (unpaired) electrons. The third-order valence-corrected chi connectivity index (χ3v) is 7.61. The molecule has 8 rings (SSSR count). The van der Waals surface area contributed by atoms with E-state index in [0.717, 1.165) is 22.3 Å². The van der Waals surface area contributed by atoms with Gasteiger partial charge in [-0.3, -0.25) is 14.4 Å². The molecule has 1 saturated heterocycles. The maximum atomic E-state index is 13.2. The lowest BCUT2D eigenvalue weighted by Gasteiger charge is -2.39. The van der Waals surface area contributed by atoms with Gasteiger partial charge in [-0.25, -0.2) is 0 Å². The molecular weight excluding hydrogens is 534 g/mol. The number of piperidine rings is 1. The highest BCUT2D eigenvalue weighted by Gasteiger charge is 2.34. The molecule has 0 spiro atoms. The van der Waals surface area contributed by atoms with Gasteiger partial charge in [0.2, 0.25) is 11.8 Å². The topological polar surface area (TPSA) is 106 Å². The van der Waals surface area contributed by atoms with E-state index in [2.05, 4.69) is 10.6 Å². The molecule has 2 atom stereocenters.